The molecule has 0 bridgehead atoms. The molecular formula is C62H63BN3. The lowest BCUT2D eigenvalue weighted by molar-refractivity contribution is 0.590. The van der Waals surface area contributed by atoms with Crippen molar-refractivity contribution in [1.29, 1.82) is 0 Å². The van der Waals surface area contributed by atoms with Crippen LogP contribution in [-0.2, 0) is 21.7 Å². The van der Waals surface area contributed by atoms with Crippen LogP contribution in [0.25, 0.3) is 43.7 Å². The van der Waals surface area contributed by atoms with Crippen molar-refractivity contribution < 1.29 is 0 Å². The quantitative estimate of drug-likeness (QED) is 0.154. The minimum Gasteiger partial charge on any atom is -0.384 e. The molecule has 0 saturated carbocycles. The zero-order chi connectivity index (χ0) is 46.5. The van der Waals surface area contributed by atoms with Crippen LogP contribution >= 0.6 is 0 Å². The van der Waals surface area contributed by atoms with Gasteiger partial charge in [0.05, 0.1) is 0 Å². The average molecular weight is 861 g/mol. The predicted octanol–water partition coefficient (Wildman–Crippen LogP) is 16.9. The molecule has 1 aromatic heterocycles. The topological polar surface area (TPSA) is 11.4 Å². The number of anilines is 6. The van der Waals surface area contributed by atoms with Crippen LogP contribution in [0.3, 0.4) is 0 Å². The van der Waals surface area contributed by atoms with Gasteiger partial charge < -0.3 is 14.3 Å². The number of fused-ring (bicyclic) bond motifs is 7. The fourth-order valence-electron chi connectivity index (χ4n) is 9.96. The molecule has 66 heavy (non-hydrogen) atoms. The summed E-state index contributed by atoms with van der Waals surface area (Å²) in [5.41, 5.74) is 18.1. The van der Waals surface area contributed by atoms with Crippen molar-refractivity contribution in [3.63, 3.8) is 0 Å². The number of aromatic nitrogens is 1. The number of nitrogens with zero attached hydrogens (tertiary/aromatic N) is 3. The van der Waals surface area contributed by atoms with E-state index in [1.165, 1.54) is 71.4 Å². The summed E-state index contributed by atoms with van der Waals surface area (Å²) in [4.78, 5) is 4.96. The van der Waals surface area contributed by atoms with Crippen molar-refractivity contribution in [2.24, 2.45) is 0 Å². The van der Waals surface area contributed by atoms with E-state index < -0.39 is 0 Å². The molecule has 0 spiro atoms. The summed E-state index contributed by atoms with van der Waals surface area (Å²) in [5, 5.41) is 5.10. The van der Waals surface area contributed by atoms with Gasteiger partial charge in [0.15, 0.2) is 0 Å². The summed E-state index contributed by atoms with van der Waals surface area (Å²) < 4.78 is 2.47. The van der Waals surface area contributed by atoms with Gasteiger partial charge in [-0.2, -0.15) is 0 Å². The van der Waals surface area contributed by atoms with Crippen LogP contribution in [0.15, 0.2) is 164 Å². The highest BCUT2D eigenvalue weighted by atomic mass is 15.2. The zero-order valence-corrected chi connectivity index (χ0v) is 41.0. The molecule has 3 nitrogen and oxygen atoms in total. The molecule has 1 aliphatic heterocycles. The molecule has 0 saturated heterocycles. The van der Waals surface area contributed by atoms with Gasteiger partial charge in [-0.3, -0.25) is 0 Å². The van der Waals surface area contributed by atoms with E-state index in [1.807, 2.05) is 0 Å². The summed E-state index contributed by atoms with van der Waals surface area (Å²) in [7, 11) is 2.42. The molecule has 9 aromatic rings. The summed E-state index contributed by atoms with van der Waals surface area (Å²) >= 11 is 0. The second kappa shape index (κ2) is 15.5. The third-order valence-corrected chi connectivity index (χ3v) is 13.9. The van der Waals surface area contributed by atoms with Crippen LogP contribution in [0.1, 0.15) is 105 Å². The number of para-hydroxylation sites is 1. The highest BCUT2D eigenvalue weighted by Crippen LogP contribution is 2.47. The summed E-state index contributed by atoms with van der Waals surface area (Å²) in [6, 6.07) is 62.2. The largest absolute Gasteiger partial charge is 0.384 e. The van der Waals surface area contributed by atoms with E-state index in [1.54, 1.807) is 0 Å². The van der Waals surface area contributed by atoms with Crippen molar-refractivity contribution in [1.82, 2.24) is 4.48 Å². The first kappa shape index (κ1) is 43.4. The lowest BCUT2D eigenvalue weighted by Crippen LogP contribution is -2.33. The summed E-state index contributed by atoms with van der Waals surface area (Å²) in [6.07, 6.45) is 0. The molecule has 329 valence electrons. The van der Waals surface area contributed by atoms with E-state index in [0.29, 0.717) is 0 Å². The minimum absolute atomic E-state index is 0.0187. The van der Waals surface area contributed by atoms with Crippen LogP contribution < -0.4 is 15.3 Å². The summed E-state index contributed by atoms with van der Waals surface area (Å²) in [6.45, 7) is 27.5. The Morgan fingerprint density at radius 3 is 1.29 bits per heavy atom. The molecule has 1 radical (unpaired) electrons. The first-order valence-electron chi connectivity index (χ1n) is 23.8. The van der Waals surface area contributed by atoms with Crippen LogP contribution in [0.4, 0.5) is 34.1 Å². The van der Waals surface area contributed by atoms with Crippen molar-refractivity contribution in [2.75, 3.05) is 9.80 Å². The van der Waals surface area contributed by atoms with E-state index in [9.17, 15) is 0 Å². The van der Waals surface area contributed by atoms with Gasteiger partial charge in [0.25, 0.3) is 7.41 Å². The third-order valence-electron chi connectivity index (χ3n) is 13.9. The first-order chi connectivity index (χ1) is 31.3. The lowest BCUT2D eigenvalue weighted by atomic mass is 9.72. The average Bonchev–Trinajstić information content (AvgIpc) is 3.61. The van der Waals surface area contributed by atoms with Gasteiger partial charge in [-0.15, -0.1) is 0 Å². The third kappa shape index (κ3) is 7.59. The normalized spacial score (nSPS) is 13.0. The van der Waals surface area contributed by atoms with Crippen LogP contribution in [-0.4, -0.2) is 11.9 Å². The predicted molar refractivity (Wildman–Crippen MR) is 287 cm³/mol. The maximum absolute atomic E-state index is 2.49. The zero-order valence-electron chi connectivity index (χ0n) is 41.0. The second-order valence-electron chi connectivity index (χ2n) is 22.7. The smallest absolute Gasteiger partial charge is 0.293 e. The van der Waals surface area contributed by atoms with Gasteiger partial charge in [-0.05, 0) is 132 Å². The van der Waals surface area contributed by atoms with E-state index in [0.717, 1.165) is 34.1 Å². The van der Waals surface area contributed by atoms with E-state index in [4.69, 9.17) is 0 Å². The Balaban J connectivity index is 1.29. The van der Waals surface area contributed by atoms with E-state index >= 15 is 0 Å². The second-order valence-corrected chi connectivity index (χ2v) is 22.7. The molecule has 0 N–H and O–H groups in total. The molecule has 10 rings (SSSR count). The van der Waals surface area contributed by atoms with Crippen molar-refractivity contribution in [3.8, 4) is 11.1 Å². The number of hydrogen-bond acceptors (Lipinski definition) is 2. The highest BCUT2D eigenvalue weighted by molar-refractivity contribution is 6.61. The van der Waals surface area contributed by atoms with Gasteiger partial charge in [0, 0.05) is 61.5 Å². The molecule has 1 aliphatic rings. The molecule has 0 amide bonds. The maximum Gasteiger partial charge on any atom is 0.293 e. The van der Waals surface area contributed by atoms with Crippen molar-refractivity contribution in [3.05, 3.63) is 186 Å². The van der Waals surface area contributed by atoms with Crippen molar-refractivity contribution in [2.45, 2.75) is 105 Å². The minimum atomic E-state index is 0.0187. The Bertz CT molecular complexity index is 3160. The Kier molecular flexibility index (Phi) is 10.2. The molecule has 4 heteroatoms. The molecular weight excluding hydrogens is 798 g/mol. The van der Waals surface area contributed by atoms with Gasteiger partial charge in [0.1, 0.15) is 0 Å². The summed E-state index contributed by atoms with van der Waals surface area (Å²) in [5.74, 6) is 0. The molecule has 0 atom stereocenters. The number of hydrogen-bond donors (Lipinski definition) is 0. The van der Waals surface area contributed by atoms with Crippen LogP contribution in [0, 0.1) is 0 Å². The molecule has 0 fully saturated rings. The van der Waals surface area contributed by atoms with Crippen molar-refractivity contribution >= 4 is 79.6 Å². The monoisotopic (exact) mass is 861 g/mol. The highest BCUT2D eigenvalue weighted by Gasteiger charge is 2.31. The van der Waals surface area contributed by atoms with Gasteiger partial charge in [-0.25, -0.2) is 0 Å². The maximum atomic E-state index is 2.49. The molecule has 8 aromatic carbocycles. The van der Waals surface area contributed by atoms with E-state index in [-0.39, 0.29) is 21.7 Å². The number of rotatable bonds is 6. The van der Waals surface area contributed by atoms with Gasteiger partial charge in [-0.1, -0.05) is 180 Å². The Hall–Kier alpha value is -6.52. The van der Waals surface area contributed by atoms with Gasteiger partial charge in [0.2, 0.25) is 0 Å². The standard InChI is InChI=1S/C62H63BN3/c1-59(2,3)41-21-29-45(30-22-41)64(46-31-23-42(24-32-46)60(4,5)6)49-38-53-51-18-15-19-52-56-50-17-14-13-16-40(50)20-37-54(56)66(58(51)52)63-57(53)55(39-49)65(47-33-25-43(26-34-47)61(7,8)9)48-35-27-44(28-36-48)62(10,11)12/h13-39H,1-12H3. The Morgan fingerprint density at radius 1 is 0.379 bits per heavy atom. The SMILES string of the molecule is CC(C)(C)c1ccc(N(c2ccc(C(C)(C)C)cc2)c2cc3c(c(N(c4ccc(C(C)(C)C)cc4)c4ccc(C(C)(C)C)cc4)c2)[B]n2c4ccc5ccccc5c4c4cccc-3c42)cc1. The lowest BCUT2D eigenvalue weighted by Gasteiger charge is -2.35. The Labute approximate surface area is 394 Å². The Morgan fingerprint density at radius 2 is 0.818 bits per heavy atom. The molecule has 0 unspecified atom stereocenters. The van der Waals surface area contributed by atoms with Crippen LogP contribution in [0.2, 0.25) is 0 Å². The fourth-order valence-corrected chi connectivity index (χ4v) is 9.96. The van der Waals surface area contributed by atoms with Gasteiger partial charge >= 0.3 is 0 Å². The van der Waals surface area contributed by atoms with E-state index in [2.05, 4.69) is 269 Å². The van der Waals surface area contributed by atoms with Crippen LogP contribution in [0.5, 0.6) is 0 Å². The fraction of sp³-hybridized carbons (Fsp3) is 0.258. The molecule has 0 aliphatic carbocycles. The number of benzene rings is 8. The molecule has 2 heterocycles. The first-order valence-corrected chi connectivity index (χ1v) is 23.8.